The number of H-pyrrole nitrogens is 1. The van der Waals surface area contributed by atoms with Crippen LogP contribution in [0.4, 0.5) is 5.82 Å². The summed E-state index contributed by atoms with van der Waals surface area (Å²) >= 11 is 1.54. The number of fused-ring (bicyclic) bond motifs is 2. The molecule has 1 aliphatic heterocycles. The maximum absolute atomic E-state index is 13.1. The average molecular weight is 414 g/mol. The van der Waals surface area contributed by atoms with Crippen LogP contribution in [0.2, 0.25) is 0 Å². The van der Waals surface area contributed by atoms with Crippen LogP contribution in [-0.4, -0.2) is 21.0 Å². The summed E-state index contributed by atoms with van der Waals surface area (Å²) < 4.78 is 5.90. The van der Waals surface area contributed by atoms with E-state index in [-0.39, 0.29) is 16.8 Å². The molecule has 0 amide bonds. The molecule has 3 atom stereocenters. The number of aryl methyl sites for hydroxylation is 1. The first kappa shape index (κ1) is 20.0. The van der Waals surface area contributed by atoms with Gasteiger partial charge in [0.1, 0.15) is 23.1 Å². The highest BCUT2D eigenvalue weighted by molar-refractivity contribution is 7.99. The number of rotatable bonds is 4. The van der Waals surface area contributed by atoms with Crippen LogP contribution in [0.25, 0.3) is 0 Å². The van der Waals surface area contributed by atoms with Crippen LogP contribution in [0, 0.1) is 18.3 Å². The fraction of sp³-hybridized carbons (Fsp3) is 0.500. The maximum Gasteiger partial charge on any atom is 0.257 e. The van der Waals surface area contributed by atoms with E-state index in [4.69, 9.17) is 9.40 Å². The molecule has 3 heterocycles. The van der Waals surface area contributed by atoms with E-state index in [1.165, 1.54) is 0 Å². The first-order valence-electron chi connectivity index (χ1n) is 10.1. The van der Waals surface area contributed by atoms with Gasteiger partial charge in [-0.1, -0.05) is 45.5 Å². The van der Waals surface area contributed by atoms with Crippen molar-refractivity contribution in [3.8, 4) is 0 Å². The fourth-order valence-corrected chi connectivity index (χ4v) is 5.02. The van der Waals surface area contributed by atoms with E-state index in [1.54, 1.807) is 11.8 Å². The highest BCUT2D eigenvalue weighted by Crippen LogP contribution is 2.48. The Balaban J connectivity index is 1.90. The van der Waals surface area contributed by atoms with Gasteiger partial charge in [-0.05, 0) is 30.9 Å². The quantitative estimate of drug-likeness (QED) is 0.562. The summed E-state index contributed by atoms with van der Waals surface area (Å²) in [7, 11) is 0. The van der Waals surface area contributed by atoms with E-state index in [1.807, 2.05) is 32.9 Å². The van der Waals surface area contributed by atoms with E-state index in [9.17, 15) is 9.59 Å². The number of carbonyl (C=O) groups excluding carboxylic acids is 1. The molecule has 6 nitrogen and oxygen atoms in total. The molecular weight excluding hydrogens is 386 g/mol. The second kappa shape index (κ2) is 7.20. The number of anilines is 1. The number of furan rings is 1. The molecule has 0 spiro atoms. The van der Waals surface area contributed by atoms with Crippen molar-refractivity contribution in [3.05, 3.63) is 51.3 Å². The van der Waals surface area contributed by atoms with Crippen molar-refractivity contribution in [2.75, 3.05) is 5.32 Å². The molecule has 0 radical (unpaired) electrons. The lowest BCUT2D eigenvalue weighted by molar-refractivity contribution is -0.124. The fourth-order valence-electron chi connectivity index (χ4n) is 4.18. The summed E-state index contributed by atoms with van der Waals surface area (Å²) in [6, 6.07) is 3.73. The molecule has 29 heavy (non-hydrogen) atoms. The molecule has 0 unspecified atom stereocenters. The van der Waals surface area contributed by atoms with E-state index in [0.29, 0.717) is 34.0 Å². The van der Waals surface area contributed by atoms with Gasteiger partial charge in [0.2, 0.25) is 0 Å². The minimum absolute atomic E-state index is 0.113. The summed E-state index contributed by atoms with van der Waals surface area (Å²) in [5.41, 5.74) is 0.828. The summed E-state index contributed by atoms with van der Waals surface area (Å²) in [5, 5.41) is 4.24. The molecule has 2 N–H and O–H groups in total. The monoisotopic (exact) mass is 413 g/mol. The van der Waals surface area contributed by atoms with E-state index in [2.05, 4.69) is 30.2 Å². The van der Waals surface area contributed by atoms with Crippen LogP contribution < -0.4 is 10.9 Å². The second-order valence-electron chi connectivity index (χ2n) is 8.73. The van der Waals surface area contributed by atoms with E-state index < -0.39 is 11.8 Å². The van der Waals surface area contributed by atoms with Gasteiger partial charge in [-0.3, -0.25) is 9.59 Å². The molecule has 2 aliphatic rings. The van der Waals surface area contributed by atoms with Crippen molar-refractivity contribution in [2.24, 2.45) is 11.3 Å². The van der Waals surface area contributed by atoms with Crippen molar-refractivity contribution in [3.63, 3.8) is 0 Å². The average Bonchev–Trinajstić information content (AvgIpc) is 3.04. The summed E-state index contributed by atoms with van der Waals surface area (Å²) in [6.45, 7) is 10.2. The molecule has 2 aromatic heterocycles. The first-order valence-corrected chi connectivity index (χ1v) is 11.0. The van der Waals surface area contributed by atoms with Gasteiger partial charge in [-0.15, -0.1) is 0 Å². The summed E-state index contributed by atoms with van der Waals surface area (Å²) in [4.78, 5) is 33.9. The standard InChI is InChI=1S/C22H27N3O3S/c1-6-12(3)29-21-24-19-18(20(27)25-21)17(15-8-7-11(2)28-15)16-13(23-19)9-22(4,5)10-14(16)26/h7-9,12,16-17H,6,10H2,1-5H3,(H2,23,24,25,27)/t12-,16-,17-/m1/s1. The Kier molecular flexibility index (Phi) is 4.97. The normalized spacial score (nSPS) is 23.6. The molecule has 4 rings (SSSR count). The molecule has 0 aromatic carbocycles. The Labute approximate surface area is 174 Å². The van der Waals surface area contributed by atoms with Gasteiger partial charge in [-0.25, -0.2) is 4.98 Å². The van der Waals surface area contributed by atoms with Gasteiger partial charge in [0.25, 0.3) is 5.56 Å². The van der Waals surface area contributed by atoms with Crippen molar-refractivity contribution < 1.29 is 9.21 Å². The molecule has 2 aromatic rings. The molecule has 1 aliphatic carbocycles. The molecule has 0 saturated carbocycles. The Morgan fingerprint density at radius 2 is 2.07 bits per heavy atom. The first-order chi connectivity index (χ1) is 13.7. The maximum atomic E-state index is 13.1. The van der Waals surface area contributed by atoms with Crippen molar-refractivity contribution in [1.82, 2.24) is 9.97 Å². The minimum atomic E-state index is -0.478. The van der Waals surface area contributed by atoms with Gasteiger partial charge < -0.3 is 14.7 Å². The van der Waals surface area contributed by atoms with Crippen LogP contribution in [0.1, 0.15) is 63.5 Å². The summed E-state index contributed by atoms with van der Waals surface area (Å²) in [6.07, 6.45) is 3.51. The predicted octanol–water partition coefficient (Wildman–Crippen LogP) is 4.62. The third-order valence-electron chi connectivity index (χ3n) is 5.65. The van der Waals surface area contributed by atoms with Gasteiger partial charge in [-0.2, -0.15) is 0 Å². The largest absolute Gasteiger partial charge is 0.466 e. The van der Waals surface area contributed by atoms with Gasteiger partial charge >= 0.3 is 0 Å². The number of hydrogen-bond acceptors (Lipinski definition) is 6. The molecule has 7 heteroatoms. The highest BCUT2D eigenvalue weighted by atomic mass is 32.2. The number of hydrogen-bond donors (Lipinski definition) is 2. The Bertz CT molecular complexity index is 1050. The van der Waals surface area contributed by atoms with Gasteiger partial charge in [0.15, 0.2) is 5.16 Å². The zero-order valence-corrected chi connectivity index (χ0v) is 18.3. The number of allylic oxidation sites excluding steroid dienone is 2. The lowest BCUT2D eigenvalue weighted by Gasteiger charge is -2.39. The number of aromatic amines is 1. The summed E-state index contributed by atoms with van der Waals surface area (Å²) in [5.74, 6) is 1.07. The number of carbonyl (C=O) groups is 1. The lowest BCUT2D eigenvalue weighted by Crippen LogP contribution is -2.41. The predicted molar refractivity (Wildman–Crippen MR) is 114 cm³/mol. The molecule has 0 fully saturated rings. The van der Waals surface area contributed by atoms with E-state index in [0.717, 1.165) is 17.9 Å². The highest BCUT2D eigenvalue weighted by Gasteiger charge is 2.46. The topological polar surface area (TPSA) is 88.0 Å². The zero-order valence-electron chi connectivity index (χ0n) is 17.5. The third-order valence-corrected chi connectivity index (χ3v) is 6.81. The van der Waals surface area contributed by atoms with Crippen LogP contribution in [0.3, 0.4) is 0 Å². The Morgan fingerprint density at radius 1 is 1.31 bits per heavy atom. The minimum Gasteiger partial charge on any atom is -0.466 e. The van der Waals surface area contributed by atoms with Crippen LogP contribution in [0.5, 0.6) is 0 Å². The second-order valence-corrected chi connectivity index (χ2v) is 10.2. The zero-order chi connectivity index (χ0) is 20.9. The molecular formula is C22H27N3O3S. The Hall–Kier alpha value is -2.28. The third kappa shape index (κ3) is 3.68. The number of ketones is 1. The SMILES string of the molecule is CC[C@@H](C)Sc1nc2c(c(=O)[nH]1)[C@H](c1ccc(C)o1)[C@H]1C(=O)CC(C)(C)C=C1N2. The number of thioether (sulfide) groups is 1. The van der Waals surface area contributed by atoms with E-state index >= 15 is 0 Å². The molecule has 154 valence electrons. The van der Waals surface area contributed by atoms with Gasteiger partial charge in [0.05, 0.1) is 17.4 Å². The van der Waals surface area contributed by atoms with Crippen LogP contribution in [0.15, 0.2) is 38.3 Å². The number of Topliss-reactive ketones (excluding diaryl/α,β-unsaturated/α-hetero) is 1. The van der Waals surface area contributed by atoms with Crippen molar-refractivity contribution in [2.45, 2.75) is 63.8 Å². The molecule has 0 saturated heterocycles. The van der Waals surface area contributed by atoms with Crippen molar-refractivity contribution in [1.29, 1.82) is 0 Å². The number of nitrogens with zero attached hydrogens (tertiary/aromatic N) is 1. The molecule has 0 bridgehead atoms. The number of nitrogens with one attached hydrogen (secondary N) is 2. The van der Waals surface area contributed by atoms with Crippen LogP contribution >= 0.6 is 11.8 Å². The lowest BCUT2D eigenvalue weighted by atomic mass is 9.68. The van der Waals surface area contributed by atoms with Crippen molar-refractivity contribution >= 4 is 23.4 Å². The van der Waals surface area contributed by atoms with Crippen LogP contribution in [-0.2, 0) is 4.79 Å². The number of aromatic nitrogens is 2. The van der Waals surface area contributed by atoms with Gasteiger partial charge in [0, 0.05) is 17.4 Å². The Morgan fingerprint density at radius 3 is 2.72 bits per heavy atom. The smallest absolute Gasteiger partial charge is 0.257 e.